The van der Waals surface area contributed by atoms with Crippen molar-refractivity contribution >= 4 is 11.8 Å². The van der Waals surface area contributed by atoms with E-state index in [4.69, 9.17) is 0 Å². The molecule has 0 bridgehead atoms. The molecule has 0 saturated carbocycles. The van der Waals surface area contributed by atoms with Crippen LogP contribution < -0.4 is 0 Å². The number of nitrogens with zero attached hydrogens (tertiary/aromatic N) is 6. The maximum Gasteiger partial charge on any atom is 0.290 e. The van der Waals surface area contributed by atoms with Gasteiger partial charge >= 0.3 is 0 Å². The number of imidazole rings is 1. The van der Waals surface area contributed by atoms with Crippen molar-refractivity contribution in [2.45, 2.75) is 23.5 Å². The zero-order chi connectivity index (χ0) is 24.1. The minimum atomic E-state index is -0.905. The summed E-state index contributed by atoms with van der Waals surface area (Å²) < 4.78 is 19.1. The lowest BCUT2D eigenvalue weighted by Gasteiger charge is -2.37. The molecule has 5 rings (SSSR count). The average Bonchev–Trinajstić information content (AvgIpc) is 3.49. The Morgan fingerprint density at radius 1 is 0.829 bits per heavy atom. The number of halogens is 1. The summed E-state index contributed by atoms with van der Waals surface area (Å²) in [6.07, 6.45) is 2.82. The lowest BCUT2D eigenvalue weighted by molar-refractivity contribution is 0.397. The standard InChI is InChI=1S/C27H25FN6S/c1-33-26(30-31-32-33)35-19-11-18-24-20-34(25(28)29-24)27(21-12-5-2-6-13-21,22-14-7-3-8-15-22)23-16-9-4-10-17-23/h2-10,12-17,20H,11,18-19H2,1H3. The normalized spacial score (nSPS) is 11.6. The van der Waals surface area contributed by atoms with E-state index in [1.165, 1.54) is 0 Å². The molecule has 0 saturated heterocycles. The highest BCUT2D eigenvalue weighted by atomic mass is 32.2. The van der Waals surface area contributed by atoms with Gasteiger partial charge in [0.1, 0.15) is 5.54 Å². The quantitative estimate of drug-likeness (QED) is 0.165. The first-order chi connectivity index (χ1) is 17.2. The fourth-order valence-corrected chi connectivity index (χ4v) is 5.26. The topological polar surface area (TPSA) is 61.4 Å². The highest BCUT2D eigenvalue weighted by Gasteiger charge is 2.40. The van der Waals surface area contributed by atoms with Crippen LogP contribution in [0.2, 0.25) is 0 Å². The molecule has 0 fully saturated rings. The molecule has 0 amide bonds. The van der Waals surface area contributed by atoms with Crippen molar-refractivity contribution in [2.24, 2.45) is 7.05 Å². The van der Waals surface area contributed by atoms with E-state index in [1.807, 2.05) is 104 Å². The molecule has 0 atom stereocenters. The molecule has 35 heavy (non-hydrogen) atoms. The van der Waals surface area contributed by atoms with Crippen molar-refractivity contribution in [3.63, 3.8) is 0 Å². The highest BCUT2D eigenvalue weighted by molar-refractivity contribution is 7.99. The molecule has 0 unspecified atom stereocenters. The van der Waals surface area contributed by atoms with Crippen LogP contribution in [0.15, 0.2) is 102 Å². The Morgan fingerprint density at radius 2 is 1.37 bits per heavy atom. The molecule has 176 valence electrons. The number of hydrogen-bond donors (Lipinski definition) is 0. The van der Waals surface area contributed by atoms with Crippen LogP contribution in [-0.2, 0) is 19.0 Å². The van der Waals surface area contributed by atoms with Crippen LogP contribution in [0.5, 0.6) is 0 Å². The minimum absolute atomic E-state index is 0.512. The van der Waals surface area contributed by atoms with Gasteiger partial charge in [0.15, 0.2) is 0 Å². The van der Waals surface area contributed by atoms with E-state index in [0.717, 1.165) is 34.0 Å². The summed E-state index contributed by atoms with van der Waals surface area (Å²) in [5, 5.41) is 12.3. The third-order valence-corrected chi connectivity index (χ3v) is 7.14. The molecule has 0 spiro atoms. The monoisotopic (exact) mass is 484 g/mol. The van der Waals surface area contributed by atoms with Gasteiger partial charge in [0.05, 0.1) is 5.69 Å². The Balaban J connectivity index is 1.55. The van der Waals surface area contributed by atoms with Crippen molar-refractivity contribution in [1.29, 1.82) is 0 Å². The molecule has 2 aromatic heterocycles. The SMILES string of the molecule is Cn1nnnc1SCCCc1cn(C(c2ccccc2)(c2ccccc2)c2ccccc2)c(F)n1. The van der Waals surface area contributed by atoms with E-state index >= 15 is 4.39 Å². The van der Waals surface area contributed by atoms with Gasteiger partial charge in [-0.2, -0.15) is 4.39 Å². The van der Waals surface area contributed by atoms with E-state index in [-0.39, 0.29) is 0 Å². The summed E-state index contributed by atoms with van der Waals surface area (Å²) in [6, 6.07) is 30.1. The second-order valence-electron chi connectivity index (χ2n) is 8.22. The van der Waals surface area contributed by atoms with Crippen molar-refractivity contribution in [2.75, 3.05) is 5.75 Å². The Labute approximate surface area is 207 Å². The third-order valence-electron chi connectivity index (χ3n) is 6.04. The highest BCUT2D eigenvalue weighted by Crippen LogP contribution is 2.41. The van der Waals surface area contributed by atoms with Gasteiger partial charge in [-0.3, -0.25) is 4.57 Å². The number of aryl methyl sites for hydroxylation is 2. The Kier molecular flexibility index (Phi) is 6.72. The molecule has 3 aromatic carbocycles. The van der Waals surface area contributed by atoms with Gasteiger partial charge < -0.3 is 0 Å². The van der Waals surface area contributed by atoms with Gasteiger partial charge in [-0.1, -0.05) is 103 Å². The maximum atomic E-state index is 15.8. The van der Waals surface area contributed by atoms with Crippen LogP contribution in [0.1, 0.15) is 28.8 Å². The van der Waals surface area contributed by atoms with Gasteiger partial charge in [0, 0.05) is 19.0 Å². The Morgan fingerprint density at radius 3 is 1.86 bits per heavy atom. The summed E-state index contributed by atoms with van der Waals surface area (Å²) >= 11 is 1.58. The van der Waals surface area contributed by atoms with Crippen molar-refractivity contribution in [1.82, 2.24) is 29.8 Å². The number of hydrogen-bond acceptors (Lipinski definition) is 5. The van der Waals surface area contributed by atoms with Crippen LogP contribution in [-0.4, -0.2) is 35.5 Å². The summed E-state index contributed by atoms with van der Waals surface area (Å²) in [5.41, 5.74) is 2.70. The fourth-order valence-electron chi connectivity index (χ4n) is 4.47. The molecule has 0 radical (unpaired) electrons. The van der Waals surface area contributed by atoms with Crippen molar-refractivity contribution < 1.29 is 4.39 Å². The largest absolute Gasteiger partial charge is 0.290 e. The molecular weight excluding hydrogens is 459 g/mol. The molecule has 2 heterocycles. The molecule has 8 heteroatoms. The second-order valence-corrected chi connectivity index (χ2v) is 9.28. The predicted octanol–water partition coefficient (Wildman–Crippen LogP) is 5.11. The Hall–Kier alpha value is -3.78. The number of rotatable bonds is 9. The molecule has 0 aliphatic carbocycles. The molecule has 0 aliphatic rings. The summed E-state index contributed by atoms with van der Waals surface area (Å²) in [7, 11) is 1.82. The summed E-state index contributed by atoms with van der Waals surface area (Å²) in [5.74, 6) is 0.809. The van der Waals surface area contributed by atoms with Crippen LogP contribution in [0, 0.1) is 6.08 Å². The smallest absolute Gasteiger partial charge is 0.289 e. The molecule has 6 nitrogen and oxygen atoms in total. The van der Waals surface area contributed by atoms with Gasteiger partial charge in [0.25, 0.3) is 6.08 Å². The first-order valence-electron chi connectivity index (χ1n) is 11.5. The van der Waals surface area contributed by atoms with Crippen LogP contribution in [0.4, 0.5) is 4.39 Å². The number of aromatic nitrogens is 6. The molecule has 0 aliphatic heterocycles. The lowest BCUT2D eigenvalue weighted by Crippen LogP contribution is -2.38. The van der Waals surface area contributed by atoms with Crippen LogP contribution >= 0.6 is 11.8 Å². The van der Waals surface area contributed by atoms with Crippen molar-refractivity contribution in [3.8, 4) is 0 Å². The van der Waals surface area contributed by atoms with Gasteiger partial charge in [-0.15, -0.1) is 5.10 Å². The zero-order valence-corrected chi connectivity index (χ0v) is 20.1. The van der Waals surface area contributed by atoms with E-state index in [2.05, 4.69) is 20.5 Å². The van der Waals surface area contributed by atoms with E-state index in [1.54, 1.807) is 21.0 Å². The van der Waals surface area contributed by atoms with Crippen LogP contribution in [0.25, 0.3) is 0 Å². The van der Waals surface area contributed by atoms with Gasteiger partial charge in [-0.05, 0) is 40.0 Å². The van der Waals surface area contributed by atoms with E-state index in [9.17, 15) is 0 Å². The Bertz CT molecular complexity index is 1270. The average molecular weight is 485 g/mol. The number of benzene rings is 3. The number of tetrazole rings is 1. The van der Waals surface area contributed by atoms with Gasteiger partial charge in [0.2, 0.25) is 5.16 Å². The number of thioether (sulfide) groups is 1. The molecule has 0 N–H and O–H groups in total. The summed E-state index contributed by atoms with van der Waals surface area (Å²) in [6.45, 7) is 0. The fraction of sp³-hybridized carbons (Fsp3) is 0.185. The predicted molar refractivity (Wildman–Crippen MR) is 135 cm³/mol. The lowest BCUT2D eigenvalue weighted by atomic mass is 9.76. The zero-order valence-electron chi connectivity index (χ0n) is 19.3. The van der Waals surface area contributed by atoms with E-state index in [0.29, 0.717) is 12.1 Å². The molecule has 5 aromatic rings. The van der Waals surface area contributed by atoms with Crippen LogP contribution in [0.3, 0.4) is 0 Å². The maximum absolute atomic E-state index is 15.8. The summed E-state index contributed by atoms with van der Waals surface area (Å²) in [4.78, 5) is 4.35. The van der Waals surface area contributed by atoms with Gasteiger partial charge in [-0.25, -0.2) is 9.67 Å². The minimum Gasteiger partial charge on any atom is -0.289 e. The second kappa shape index (κ2) is 10.2. The third kappa shape index (κ3) is 4.49. The first kappa shape index (κ1) is 23.0. The van der Waals surface area contributed by atoms with E-state index < -0.39 is 11.6 Å². The molecular formula is C27H25FN6S. The van der Waals surface area contributed by atoms with Crippen molar-refractivity contribution in [3.05, 3.63) is 126 Å². The first-order valence-corrected chi connectivity index (χ1v) is 12.4.